The largest absolute Gasteiger partial charge is 0.471 e. The molecule has 0 saturated heterocycles. The van der Waals surface area contributed by atoms with Gasteiger partial charge in [-0.25, -0.2) is 0 Å². The van der Waals surface area contributed by atoms with Crippen LogP contribution in [0.4, 0.5) is 0 Å². The lowest BCUT2D eigenvalue weighted by Gasteiger charge is -2.03. The van der Waals surface area contributed by atoms with Gasteiger partial charge in [0, 0.05) is 12.7 Å². The Morgan fingerprint density at radius 3 is 2.69 bits per heavy atom. The zero-order valence-corrected chi connectivity index (χ0v) is 10.6. The molecule has 4 heteroatoms. The molecule has 0 fully saturated rings. The molecule has 84 valence electrons. The summed E-state index contributed by atoms with van der Waals surface area (Å²) in [5.41, 5.74) is 1.14. The standard InChI is InChI=1S/C12H13BrN2O/c1-2-15-8-11(13)12(14-15)16-9-10-6-4-3-5-7-10/h3-8H,2,9H2,1H3. The Hall–Kier alpha value is -1.29. The molecule has 0 aliphatic rings. The second kappa shape index (κ2) is 5.16. The second-order valence-corrected chi connectivity index (χ2v) is 4.27. The first-order valence-electron chi connectivity index (χ1n) is 5.19. The lowest BCUT2D eigenvalue weighted by atomic mass is 10.2. The van der Waals surface area contributed by atoms with E-state index in [1.807, 2.05) is 48.1 Å². The molecule has 0 atom stereocenters. The van der Waals surface area contributed by atoms with E-state index in [1.54, 1.807) is 0 Å². The molecular formula is C12H13BrN2O. The van der Waals surface area contributed by atoms with Crippen molar-refractivity contribution in [1.29, 1.82) is 0 Å². The summed E-state index contributed by atoms with van der Waals surface area (Å²) >= 11 is 3.42. The lowest BCUT2D eigenvalue weighted by molar-refractivity contribution is 0.288. The number of hydrogen-bond acceptors (Lipinski definition) is 2. The van der Waals surface area contributed by atoms with Crippen LogP contribution in [0.15, 0.2) is 41.0 Å². The highest BCUT2D eigenvalue weighted by Crippen LogP contribution is 2.23. The van der Waals surface area contributed by atoms with E-state index in [0.717, 1.165) is 16.6 Å². The first-order chi connectivity index (χ1) is 7.79. The molecule has 0 spiro atoms. The number of halogens is 1. The number of aryl methyl sites for hydroxylation is 1. The molecular weight excluding hydrogens is 268 g/mol. The highest BCUT2D eigenvalue weighted by molar-refractivity contribution is 9.10. The SMILES string of the molecule is CCn1cc(Br)c(OCc2ccccc2)n1. The molecule has 0 bridgehead atoms. The fourth-order valence-electron chi connectivity index (χ4n) is 1.37. The van der Waals surface area contributed by atoms with Crippen LogP contribution in [0, 0.1) is 0 Å². The Morgan fingerprint density at radius 1 is 1.31 bits per heavy atom. The summed E-state index contributed by atoms with van der Waals surface area (Å²) < 4.78 is 8.36. The lowest BCUT2D eigenvalue weighted by Crippen LogP contribution is -1.98. The van der Waals surface area contributed by atoms with Crippen molar-refractivity contribution < 1.29 is 4.74 Å². The summed E-state index contributed by atoms with van der Waals surface area (Å²) in [6.45, 7) is 3.42. The number of nitrogens with zero attached hydrogens (tertiary/aromatic N) is 2. The molecule has 0 aliphatic carbocycles. The second-order valence-electron chi connectivity index (χ2n) is 3.41. The van der Waals surface area contributed by atoms with Crippen LogP contribution in [0.2, 0.25) is 0 Å². The predicted molar refractivity (Wildman–Crippen MR) is 66.4 cm³/mol. The molecule has 2 aromatic rings. The first kappa shape index (κ1) is 11.2. The molecule has 1 aromatic carbocycles. The van der Waals surface area contributed by atoms with Crippen LogP contribution in [0.3, 0.4) is 0 Å². The van der Waals surface area contributed by atoms with Crippen LogP contribution in [-0.4, -0.2) is 9.78 Å². The van der Waals surface area contributed by atoms with E-state index >= 15 is 0 Å². The van der Waals surface area contributed by atoms with Crippen LogP contribution >= 0.6 is 15.9 Å². The van der Waals surface area contributed by atoms with Crippen LogP contribution < -0.4 is 4.74 Å². The predicted octanol–water partition coefficient (Wildman–Crippen LogP) is 3.24. The fourth-order valence-corrected chi connectivity index (χ4v) is 1.80. The van der Waals surface area contributed by atoms with Gasteiger partial charge in [0.25, 0.3) is 0 Å². The van der Waals surface area contributed by atoms with E-state index < -0.39 is 0 Å². The minimum atomic E-state index is 0.542. The summed E-state index contributed by atoms with van der Waals surface area (Å²) in [5, 5.41) is 4.29. The molecule has 3 nitrogen and oxygen atoms in total. The summed E-state index contributed by atoms with van der Waals surface area (Å²) in [6.07, 6.45) is 1.92. The summed E-state index contributed by atoms with van der Waals surface area (Å²) in [4.78, 5) is 0. The Balaban J connectivity index is 2.02. The molecule has 1 heterocycles. The molecule has 1 aromatic heterocycles. The Morgan fingerprint density at radius 2 is 2.06 bits per heavy atom. The number of hydrogen-bond donors (Lipinski definition) is 0. The molecule has 0 saturated carbocycles. The maximum Gasteiger partial charge on any atom is 0.247 e. The highest BCUT2D eigenvalue weighted by atomic mass is 79.9. The minimum absolute atomic E-state index is 0.542. The van der Waals surface area contributed by atoms with Crippen molar-refractivity contribution in [2.24, 2.45) is 0 Å². The van der Waals surface area contributed by atoms with Crippen LogP contribution in [0.25, 0.3) is 0 Å². The third-order valence-electron chi connectivity index (χ3n) is 2.23. The van der Waals surface area contributed by atoms with E-state index in [2.05, 4.69) is 21.0 Å². The normalized spacial score (nSPS) is 10.4. The van der Waals surface area contributed by atoms with Gasteiger partial charge < -0.3 is 4.74 Å². The van der Waals surface area contributed by atoms with E-state index in [9.17, 15) is 0 Å². The van der Waals surface area contributed by atoms with Crippen molar-refractivity contribution in [2.75, 3.05) is 0 Å². The van der Waals surface area contributed by atoms with E-state index in [4.69, 9.17) is 4.74 Å². The molecule has 0 amide bonds. The molecule has 0 N–H and O–H groups in total. The number of benzene rings is 1. The third kappa shape index (κ3) is 2.64. The molecule has 0 radical (unpaired) electrons. The summed E-state index contributed by atoms with van der Waals surface area (Å²) in [7, 11) is 0. The monoisotopic (exact) mass is 280 g/mol. The fraction of sp³-hybridized carbons (Fsp3) is 0.250. The van der Waals surface area contributed by atoms with Crippen molar-refractivity contribution in [3.63, 3.8) is 0 Å². The van der Waals surface area contributed by atoms with E-state index in [1.165, 1.54) is 0 Å². The Bertz CT molecular complexity index is 453. The van der Waals surface area contributed by atoms with Crippen molar-refractivity contribution in [3.8, 4) is 5.88 Å². The van der Waals surface area contributed by atoms with Crippen molar-refractivity contribution in [2.45, 2.75) is 20.1 Å². The maximum atomic E-state index is 5.63. The van der Waals surface area contributed by atoms with Crippen molar-refractivity contribution in [3.05, 3.63) is 46.6 Å². The van der Waals surface area contributed by atoms with Gasteiger partial charge in [0.2, 0.25) is 5.88 Å². The van der Waals surface area contributed by atoms with Gasteiger partial charge in [-0.1, -0.05) is 30.3 Å². The Labute approximate surface area is 103 Å². The molecule has 16 heavy (non-hydrogen) atoms. The van der Waals surface area contributed by atoms with Crippen molar-refractivity contribution in [1.82, 2.24) is 9.78 Å². The van der Waals surface area contributed by atoms with Gasteiger partial charge in [-0.05, 0) is 28.4 Å². The van der Waals surface area contributed by atoms with Crippen LogP contribution in [0.5, 0.6) is 5.88 Å². The molecule has 0 aliphatic heterocycles. The number of ether oxygens (including phenoxy) is 1. The van der Waals surface area contributed by atoms with E-state index in [0.29, 0.717) is 12.5 Å². The number of aromatic nitrogens is 2. The molecule has 2 rings (SSSR count). The van der Waals surface area contributed by atoms with Gasteiger partial charge in [-0.3, -0.25) is 4.68 Å². The topological polar surface area (TPSA) is 27.1 Å². The van der Waals surface area contributed by atoms with Gasteiger partial charge in [0.1, 0.15) is 6.61 Å². The zero-order chi connectivity index (χ0) is 11.4. The van der Waals surface area contributed by atoms with Crippen molar-refractivity contribution >= 4 is 15.9 Å². The van der Waals surface area contributed by atoms with Gasteiger partial charge in [0.15, 0.2) is 0 Å². The van der Waals surface area contributed by atoms with Gasteiger partial charge >= 0.3 is 0 Å². The summed E-state index contributed by atoms with van der Waals surface area (Å²) in [6, 6.07) is 10.1. The number of rotatable bonds is 4. The first-order valence-corrected chi connectivity index (χ1v) is 5.98. The van der Waals surface area contributed by atoms with Crippen LogP contribution in [0.1, 0.15) is 12.5 Å². The average Bonchev–Trinajstić information content (AvgIpc) is 2.69. The maximum absolute atomic E-state index is 5.63. The van der Waals surface area contributed by atoms with Gasteiger partial charge in [0.05, 0.1) is 4.47 Å². The van der Waals surface area contributed by atoms with E-state index in [-0.39, 0.29) is 0 Å². The summed E-state index contributed by atoms with van der Waals surface area (Å²) in [5.74, 6) is 0.644. The highest BCUT2D eigenvalue weighted by Gasteiger charge is 2.06. The Kier molecular flexibility index (Phi) is 3.62. The third-order valence-corrected chi connectivity index (χ3v) is 2.77. The quantitative estimate of drug-likeness (QED) is 0.860. The van der Waals surface area contributed by atoms with Crippen LogP contribution in [-0.2, 0) is 13.2 Å². The smallest absolute Gasteiger partial charge is 0.247 e. The van der Waals surface area contributed by atoms with Gasteiger partial charge in [-0.15, -0.1) is 5.10 Å². The zero-order valence-electron chi connectivity index (χ0n) is 9.06. The van der Waals surface area contributed by atoms with Gasteiger partial charge in [-0.2, -0.15) is 0 Å². The molecule has 0 unspecified atom stereocenters. The minimum Gasteiger partial charge on any atom is -0.471 e. The average molecular weight is 281 g/mol.